The molecular weight excluding hydrogens is 338 g/mol. The highest BCUT2D eigenvalue weighted by Gasteiger charge is 2.30. The summed E-state index contributed by atoms with van der Waals surface area (Å²) in [7, 11) is 0. The fourth-order valence-electron chi connectivity index (χ4n) is 3.04. The number of nitrogens with one attached hydrogen (secondary N) is 3. The SMILES string of the molecule is CC(C)NC(=O)O[C@H]1CC[C@@H](c2cc(NC(=O)Cc3ccno3)n[nH]2)C1. The maximum atomic E-state index is 12.0. The van der Waals surface area contributed by atoms with Gasteiger partial charge in [-0.25, -0.2) is 4.79 Å². The third-order valence-corrected chi connectivity index (χ3v) is 4.20. The number of carbonyl (C=O) groups excluding carboxylic acids is 2. The van der Waals surface area contributed by atoms with Crippen molar-refractivity contribution in [2.45, 2.75) is 57.6 Å². The Morgan fingerprint density at radius 3 is 3.00 bits per heavy atom. The van der Waals surface area contributed by atoms with E-state index in [2.05, 4.69) is 26.0 Å². The van der Waals surface area contributed by atoms with Crippen molar-refractivity contribution < 1.29 is 18.8 Å². The van der Waals surface area contributed by atoms with Crippen molar-refractivity contribution >= 4 is 17.8 Å². The molecule has 2 aromatic rings. The van der Waals surface area contributed by atoms with Crippen LogP contribution in [0.4, 0.5) is 10.6 Å². The molecule has 140 valence electrons. The average molecular weight is 361 g/mol. The second kappa shape index (κ2) is 8.03. The molecule has 2 atom stereocenters. The van der Waals surface area contributed by atoms with Crippen molar-refractivity contribution in [3.8, 4) is 0 Å². The quantitative estimate of drug-likeness (QED) is 0.726. The molecule has 1 aliphatic carbocycles. The number of hydrogen-bond acceptors (Lipinski definition) is 6. The molecule has 26 heavy (non-hydrogen) atoms. The Bertz CT molecular complexity index is 740. The molecule has 3 N–H and O–H groups in total. The molecule has 3 rings (SSSR count). The molecule has 0 aromatic carbocycles. The van der Waals surface area contributed by atoms with Crippen LogP contribution in [0.5, 0.6) is 0 Å². The zero-order chi connectivity index (χ0) is 18.5. The van der Waals surface area contributed by atoms with Crippen molar-refractivity contribution in [1.82, 2.24) is 20.7 Å². The summed E-state index contributed by atoms with van der Waals surface area (Å²) in [6.07, 6.45) is 3.55. The van der Waals surface area contributed by atoms with E-state index in [1.165, 1.54) is 6.20 Å². The number of ether oxygens (including phenoxy) is 1. The van der Waals surface area contributed by atoms with Gasteiger partial charge in [0.25, 0.3) is 0 Å². The lowest BCUT2D eigenvalue weighted by atomic mass is 10.0. The number of nitrogens with zero attached hydrogens (tertiary/aromatic N) is 2. The minimum atomic E-state index is -0.379. The summed E-state index contributed by atoms with van der Waals surface area (Å²) in [5.74, 6) is 0.956. The molecule has 2 aromatic heterocycles. The van der Waals surface area contributed by atoms with Gasteiger partial charge in [0, 0.05) is 29.8 Å². The van der Waals surface area contributed by atoms with Crippen LogP contribution in [0.25, 0.3) is 0 Å². The van der Waals surface area contributed by atoms with Gasteiger partial charge in [0.05, 0.1) is 12.6 Å². The Morgan fingerprint density at radius 2 is 2.27 bits per heavy atom. The Hall–Kier alpha value is -2.84. The number of rotatable bonds is 6. The van der Waals surface area contributed by atoms with Gasteiger partial charge in [-0.2, -0.15) is 5.10 Å². The number of alkyl carbamates (subject to hydrolysis) is 1. The maximum absolute atomic E-state index is 12.0. The van der Waals surface area contributed by atoms with Crippen LogP contribution in [0.2, 0.25) is 0 Å². The zero-order valence-electron chi connectivity index (χ0n) is 14.8. The van der Waals surface area contributed by atoms with Crippen molar-refractivity contribution in [3.63, 3.8) is 0 Å². The lowest BCUT2D eigenvalue weighted by Crippen LogP contribution is -2.33. The van der Waals surface area contributed by atoms with Gasteiger partial charge in [-0.3, -0.25) is 9.89 Å². The Balaban J connectivity index is 1.49. The molecule has 0 aliphatic heterocycles. The summed E-state index contributed by atoms with van der Waals surface area (Å²) in [4.78, 5) is 23.6. The summed E-state index contributed by atoms with van der Waals surface area (Å²) in [5, 5.41) is 16.1. The van der Waals surface area contributed by atoms with E-state index in [1.54, 1.807) is 6.07 Å². The van der Waals surface area contributed by atoms with Gasteiger partial charge >= 0.3 is 6.09 Å². The predicted octanol–water partition coefficient (Wildman–Crippen LogP) is 2.35. The molecule has 9 heteroatoms. The number of H-pyrrole nitrogens is 1. The van der Waals surface area contributed by atoms with Crippen molar-refractivity contribution in [2.75, 3.05) is 5.32 Å². The maximum Gasteiger partial charge on any atom is 0.407 e. The Labute approximate surface area is 150 Å². The zero-order valence-corrected chi connectivity index (χ0v) is 14.8. The van der Waals surface area contributed by atoms with Crippen LogP contribution in [-0.4, -0.2) is 39.5 Å². The lowest BCUT2D eigenvalue weighted by molar-refractivity contribution is -0.115. The molecule has 2 heterocycles. The van der Waals surface area contributed by atoms with E-state index in [0.717, 1.165) is 25.0 Å². The van der Waals surface area contributed by atoms with Gasteiger partial charge in [-0.05, 0) is 33.1 Å². The fourth-order valence-corrected chi connectivity index (χ4v) is 3.04. The summed E-state index contributed by atoms with van der Waals surface area (Å²) < 4.78 is 10.3. The molecule has 1 saturated carbocycles. The molecule has 0 saturated heterocycles. The third kappa shape index (κ3) is 4.84. The van der Waals surface area contributed by atoms with Gasteiger partial charge in [0.15, 0.2) is 5.82 Å². The summed E-state index contributed by atoms with van der Waals surface area (Å²) in [6.45, 7) is 3.78. The normalized spacial score (nSPS) is 19.5. The van der Waals surface area contributed by atoms with Crippen molar-refractivity contribution in [3.05, 3.63) is 29.8 Å². The van der Waals surface area contributed by atoms with Gasteiger partial charge in [-0.1, -0.05) is 5.16 Å². The summed E-state index contributed by atoms with van der Waals surface area (Å²) >= 11 is 0. The van der Waals surface area contributed by atoms with E-state index in [0.29, 0.717) is 11.6 Å². The van der Waals surface area contributed by atoms with Crippen molar-refractivity contribution in [1.29, 1.82) is 0 Å². The fraction of sp³-hybridized carbons (Fsp3) is 0.529. The van der Waals surface area contributed by atoms with E-state index in [9.17, 15) is 9.59 Å². The monoisotopic (exact) mass is 361 g/mol. The summed E-state index contributed by atoms with van der Waals surface area (Å²) in [6, 6.07) is 3.51. The number of aromatic nitrogens is 3. The number of carbonyl (C=O) groups is 2. The van der Waals surface area contributed by atoms with Crippen LogP contribution in [0.3, 0.4) is 0 Å². The number of aromatic amines is 1. The van der Waals surface area contributed by atoms with Crippen LogP contribution in [0.1, 0.15) is 50.5 Å². The highest BCUT2D eigenvalue weighted by atomic mass is 16.6. The molecule has 0 unspecified atom stereocenters. The largest absolute Gasteiger partial charge is 0.446 e. The smallest absolute Gasteiger partial charge is 0.407 e. The first kappa shape index (κ1) is 18.0. The molecule has 1 aliphatic rings. The highest BCUT2D eigenvalue weighted by Crippen LogP contribution is 2.35. The first-order valence-corrected chi connectivity index (χ1v) is 8.71. The topological polar surface area (TPSA) is 122 Å². The second-order valence-electron chi connectivity index (χ2n) is 6.75. The first-order valence-electron chi connectivity index (χ1n) is 8.71. The van der Waals surface area contributed by atoms with Crippen LogP contribution in [-0.2, 0) is 16.0 Å². The predicted molar refractivity (Wildman–Crippen MR) is 92.6 cm³/mol. The van der Waals surface area contributed by atoms with Gasteiger partial charge in [0.2, 0.25) is 5.91 Å². The molecule has 0 spiro atoms. The van der Waals surface area contributed by atoms with E-state index < -0.39 is 0 Å². The van der Waals surface area contributed by atoms with Gasteiger partial charge < -0.3 is 19.9 Å². The Kier molecular flexibility index (Phi) is 5.55. The summed E-state index contributed by atoms with van der Waals surface area (Å²) in [5.41, 5.74) is 0.926. The Morgan fingerprint density at radius 1 is 1.42 bits per heavy atom. The van der Waals surface area contributed by atoms with E-state index >= 15 is 0 Å². The van der Waals surface area contributed by atoms with E-state index in [4.69, 9.17) is 9.26 Å². The van der Waals surface area contributed by atoms with Crippen LogP contribution >= 0.6 is 0 Å². The number of hydrogen-bond donors (Lipinski definition) is 3. The molecule has 2 amide bonds. The number of anilines is 1. The number of amides is 2. The first-order chi connectivity index (χ1) is 12.5. The minimum absolute atomic E-state index is 0.0513. The van der Waals surface area contributed by atoms with Crippen molar-refractivity contribution in [2.24, 2.45) is 0 Å². The van der Waals surface area contributed by atoms with Crippen LogP contribution in [0, 0.1) is 0 Å². The molecular formula is C17H23N5O4. The van der Waals surface area contributed by atoms with Gasteiger partial charge in [0.1, 0.15) is 11.9 Å². The van der Waals surface area contributed by atoms with Gasteiger partial charge in [-0.15, -0.1) is 0 Å². The van der Waals surface area contributed by atoms with E-state index in [-0.39, 0.29) is 36.5 Å². The molecule has 1 fully saturated rings. The highest BCUT2D eigenvalue weighted by molar-refractivity contribution is 5.91. The standard InChI is InChI=1S/C17H23N5O4/c1-10(2)19-17(24)25-12-4-3-11(7-12)14-9-15(22-21-14)20-16(23)8-13-5-6-18-26-13/h5-6,9-12H,3-4,7-8H2,1-2H3,(H,19,24)(H2,20,21,22,23)/t11-,12+/m1/s1. The van der Waals surface area contributed by atoms with Crippen LogP contribution in [0.15, 0.2) is 22.9 Å². The minimum Gasteiger partial charge on any atom is -0.446 e. The average Bonchev–Trinajstić information content (AvgIpc) is 3.27. The van der Waals surface area contributed by atoms with Crippen LogP contribution < -0.4 is 10.6 Å². The van der Waals surface area contributed by atoms with E-state index in [1.807, 2.05) is 19.9 Å². The second-order valence-corrected chi connectivity index (χ2v) is 6.75. The molecule has 0 bridgehead atoms. The third-order valence-electron chi connectivity index (χ3n) is 4.20. The molecule has 9 nitrogen and oxygen atoms in total. The lowest BCUT2D eigenvalue weighted by Gasteiger charge is -2.14. The molecule has 0 radical (unpaired) electrons.